The van der Waals surface area contributed by atoms with Crippen LogP contribution in [0.4, 0.5) is 0 Å². The first-order valence-electron chi connectivity index (χ1n) is 8.82. The van der Waals surface area contributed by atoms with Crippen molar-refractivity contribution in [2.24, 2.45) is 0 Å². The van der Waals surface area contributed by atoms with E-state index < -0.39 is 0 Å². The minimum absolute atomic E-state index is 0.208. The van der Waals surface area contributed by atoms with Gasteiger partial charge < -0.3 is 9.64 Å². The second-order valence-corrected chi connectivity index (χ2v) is 6.67. The summed E-state index contributed by atoms with van der Waals surface area (Å²) in [5.41, 5.74) is 3.66. The van der Waals surface area contributed by atoms with E-state index in [4.69, 9.17) is 4.74 Å². The highest BCUT2D eigenvalue weighted by Crippen LogP contribution is 2.14. The summed E-state index contributed by atoms with van der Waals surface area (Å²) < 4.78 is 5.16. The number of aryl methyl sites for hydroxylation is 1. The molecule has 1 saturated heterocycles. The van der Waals surface area contributed by atoms with E-state index in [-0.39, 0.29) is 5.91 Å². The van der Waals surface area contributed by atoms with Crippen LogP contribution in [0, 0.1) is 6.92 Å². The first-order valence-corrected chi connectivity index (χ1v) is 8.82. The molecule has 1 amide bonds. The van der Waals surface area contributed by atoms with E-state index in [9.17, 15) is 4.79 Å². The van der Waals surface area contributed by atoms with Crippen molar-refractivity contribution < 1.29 is 9.53 Å². The fourth-order valence-corrected chi connectivity index (χ4v) is 3.14. The van der Waals surface area contributed by atoms with Gasteiger partial charge in [-0.1, -0.05) is 42.0 Å². The van der Waals surface area contributed by atoms with Gasteiger partial charge in [-0.25, -0.2) is 0 Å². The second kappa shape index (κ2) is 8.17. The van der Waals surface area contributed by atoms with Crippen LogP contribution in [-0.4, -0.2) is 49.0 Å². The molecule has 0 unspecified atom stereocenters. The van der Waals surface area contributed by atoms with Crippen LogP contribution in [0.5, 0.6) is 5.75 Å². The molecule has 4 heteroatoms. The Morgan fingerprint density at radius 2 is 1.52 bits per heavy atom. The lowest BCUT2D eigenvalue weighted by atomic mass is 10.1. The SMILES string of the molecule is COc1ccc(CC(=O)N2CCN(Cc3ccc(C)cc3)CC2)cc1. The van der Waals surface area contributed by atoms with E-state index in [1.54, 1.807) is 7.11 Å². The van der Waals surface area contributed by atoms with Gasteiger partial charge in [0.15, 0.2) is 0 Å². The van der Waals surface area contributed by atoms with Gasteiger partial charge in [0, 0.05) is 32.7 Å². The Kier molecular flexibility index (Phi) is 5.71. The molecule has 0 aliphatic carbocycles. The van der Waals surface area contributed by atoms with Gasteiger partial charge in [0.2, 0.25) is 5.91 Å². The largest absolute Gasteiger partial charge is 0.497 e. The Labute approximate surface area is 150 Å². The van der Waals surface area contributed by atoms with Gasteiger partial charge in [-0.3, -0.25) is 9.69 Å². The highest BCUT2D eigenvalue weighted by Gasteiger charge is 2.21. The lowest BCUT2D eigenvalue weighted by Gasteiger charge is -2.35. The predicted octanol–water partition coefficient (Wildman–Crippen LogP) is 2.89. The van der Waals surface area contributed by atoms with Crippen LogP contribution in [0.1, 0.15) is 16.7 Å². The van der Waals surface area contributed by atoms with E-state index in [0.717, 1.165) is 44.0 Å². The summed E-state index contributed by atoms with van der Waals surface area (Å²) in [7, 11) is 1.65. The molecule has 1 aliphatic rings. The maximum Gasteiger partial charge on any atom is 0.227 e. The fourth-order valence-electron chi connectivity index (χ4n) is 3.14. The molecule has 132 valence electrons. The maximum atomic E-state index is 12.5. The summed E-state index contributed by atoms with van der Waals surface area (Å²) in [6.07, 6.45) is 0.460. The highest BCUT2D eigenvalue weighted by atomic mass is 16.5. The normalized spacial score (nSPS) is 15.2. The standard InChI is InChI=1S/C21H26N2O2/c1-17-3-5-19(6-4-17)16-22-11-13-23(14-12-22)21(24)15-18-7-9-20(25-2)10-8-18/h3-10H,11-16H2,1-2H3. The van der Waals surface area contributed by atoms with E-state index in [1.807, 2.05) is 29.2 Å². The number of carbonyl (C=O) groups excluding carboxylic acids is 1. The lowest BCUT2D eigenvalue weighted by Crippen LogP contribution is -2.48. The van der Waals surface area contributed by atoms with Crippen molar-refractivity contribution in [1.82, 2.24) is 9.80 Å². The summed E-state index contributed by atoms with van der Waals surface area (Å²) >= 11 is 0. The van der Waals surface area contributed by atoms with E-state index in [0.29, 0.717) is 6.42 Å². The zero-order valence-electron chi connectivity index (χ0n) is 15.1. The van der Waals surface area contributed by atoms with Crippen molar-refractivity contribution in [3.05, 3.63) is 65.2 Å². The maximum absolute atomic E-state index is 12.5. The molecular weight excluding hydrogens is 312 g/mol. The molecule has 1 heterocycles. The molecule has 0 atom stereocenters. The number of nitrogens with zero attached hydrogens (tertiary/aromatic N) is 2. The van der Waals surface area contributed by atoms with Crippen LogP contribution < -0.4 is 4.74 Å². The molecule has 0 N–H and O–H groups in total. The van der Waals surface area contributed by atoms with Crippen LogP contribution in [0.15, 0.2) is 48.5 Å². The fraction of sp³-hybridized carbons (Fsp3) is 0.381. The number of carbonyl (C=O) groups is 1. The van der Waals surface area contributed by atoms with Gasteiger partial charge in [0.05, 0.1) is 13.5 Å². The number of ether oxygens (including phenoxy) is 1. The lowest BCUT2D eigenvalue weighted by molar-refractivity contribution is -0.132. The summed E-state index contributed by atoms with van der Waals surface area (Å²) in [5, 5.41) is 0. The van der Waals surface area contributed by atoms with Crippen molar-refractivity contribution in [1.29, 1.82) is 0 Å². The molecule has 25 heavy (non-hydrogen) atoms. The number of hydrogen-bond acceptors (Lipinski definition) is 3. The monoisotopic (exact) mass is 338 g/mol. The third kappa shape index (κ3) is 4.83. The zero-order chi connectivity index (χ0) is 17.6. The van der Waals surface area contributed by atoms with Crippen LogP contribution in [0.25, 0.3) is 0 Å². The topological polar surface area (TPSA) is 32.8 Å². The molecule has 2 aromatic rings. The Morgan fingerprint density at radius 1 is 0.920 bits per heavy atom. The smallest absolute Gasteiger partial charge is 0.227 e. The number of methoxy groups -OCH3 is 1. The van der Waals surface area contributed by atoms with Gasteiger partial charge in [-0.15, -0.1) is 0 Å². The van der Waals surface area contributed by atoms with E-state index in [1.165, 1.54) is 11.1 Å². The summed E-state index contributed by atoms with van der Waals surface area (Å²) in [6.45, 7) is 6.55. The molecule has 1 fully saturated rings. The van der Waals surface area contributed by atoms with Crippen LogP contribution in [0.3, 0.4) is 0 Å². The third-order valence-corrected chi connectivity index (χ3v) is 4.77. The van der Waals surface area contributed by atoms with Crippen LogP contribution >= 0.6 is 0 Å². The first-order chi connectivity index (χ1) is 12.1. The van der Waals surface area contributed by atoms with Gasteiger partial charge in [-0.2, -0.15) is 0 Å². The van der Waals surface area contributed by atoms with Gasteiger partial charge >= 0.3 is 0 Å². The zero-order valence-corrected chi connectivity index (χ0v) is 15.1. The third-order valence-electron chi connectivity index (χ3n) is 4.77. The number of amides is 1. The Bertz CT molecular complexity index is 687. The van der Waals surface area contributed by atoms with Crippen LogP contribution in [-0.2, 0) is 17.8 Å². The molecule has 0 spiro atoms. The van der Waals surface area contributed by atoms with Gasteiger partial charge in [0.25, 0.3) is 0 Å². The number of rotatable bonds is 5. The van der Waals surface area contributed by atoms with Gasteiger partial charge in [0.1, 0.15) is 5.75 Å². The van der Waals surface area contributed by atoms with E-state index in [2.05, 4.69) is 36.1 Å². The molecule has 0 aromatic heterocycles. The molecule has 0 radical (unpaired) electrons. The Hall–Kier alpha value is -2.33. The van der Waals surface area contributed by atoms with Crippen LogP contribution in [0.2, 0.25) is 0 Å². The Morgan fingerprint density at radius 3 is 2.12 bits per heavy atom. The minimum Gasteiger partial charge on any atom is -0.497 e. The molecule has 3 rings (SSSR count). The van der Waals surface area contributed by atoms with Gasteiger partial charge in [-0.05, 0) is 30.2 Å². The summed E-state index contributed by atoms with van der Waals surface area (Å²) in [4.78, 5) is 16.9. The molecule has 0 saturated carbocycles. The van der Waals surface area contributed by atoms with Crippen molar-refractivity contribution in [2.45, 2.75) is 19.9 Å². The number of piperazine rings is 1. The van der Waals surface area contributed by atoms with Crippen molar-refractivity contribution >= 4 is 5.91 Å². The molecular formula is C21H26N2O2. The number of hydrogen-bond donors (Lipinski definition) is 0. The highest BCUT2D eigenvalue weighted by molar-refractivity contribution is 5.79. The van der Waals surface area contributed by atoms with Crippen molar-refractivity contribution in [2.75, 3.05) is 33.3 Å². The molecule has 1 aliphatic heterocycles. The molecule has 2 aromatic carbocycles. The van der Waals surface area contributed by atoms with Crippen molar-refractivity contribution in [3.63, 3.8) is 0 Å². The average Bonchev–Trinajstić information content (AvgIpc) is 2.65. The Balaban J connectivity index is 1.47. The summed E-state index contributed by atoms with van der Waals surface area (Å²) in [6, 6.07) is 16.4. The first kappa shape index (κ1) is 17.5. The van der Waals surface area contributed by atoms with E-state index >= 15 is 0 Å². The molecule has 4 nitrogen and oxygen atoms in total. The molecule has 0 bridgehead atoms. The average molecular weight is 338 g/mol. The number of benzene rings is 2. The summed E-state index contributed by atoms with van der Waals surface area (Å²) in [5.74, 6) is 1.03. The van der Waals surface area contributed by atoms with Crippen molar-refractivity contribution in [3.8, 4) is 5.75 Å². The predicted molar refractivity (Wildman–Crippen MR) is 99.7 cm³/mol. The second-order valence-electron chi connectivity index (χ2n) is 6.67. The quantitative estimate of drug-likeness (QED) is 0.840. The minimum atomic E-state index is 0.208.